The molecule has 4 aromatic carbocycles. The summed E-state index contributed by atoms with van der Waals surface area (Å²) in [5.41, 5.74) is 7.55. The van der Waals surface area contributed by atoms with Crippen LogP contribution in [-0.2, 0) is 13.1 Å². The van der Waals surface area contributed by atoms with Gasteiger partial charge in [-0.15, -0.1) is 0 Å². The van der Waals surface area contributed by atoms with Gasteiger partial charge < -0.3 is 24.8 Å². The molecule has 5 aromatic rings. The average molecular weight is 586 g/mol. The predicted molar refractivity (Wildman–Crippen MR) is 176 cm³/mol. The first-order valence-electron chi connectivity index (χ1n) is 15.3. The Morgan fingerprint density at radius 3 is 2.48 bits per heavy atom. The summed E-state index contributed by atoms with van der Waals surface area (Å²) in [6.07, 6.45) is 5.49. The molecular formula is C37H39N5O2. The van der Waals surface area contributed by atoms with Crippen LogP contribution < -0.4 is 20.3 Å². The summed E-state index contributed by atoms with van der Waals surface area (Å²) in [5, 5.41) is 6.80. The van der Waals surface area contributed by atoms with Crippen molar-refractivity contribution in [3.05, 3.63) is 138 Å². The maximum atomic E-state index is 13.2. The van der Waals surface area contributed by atoms with Crippen molar-refractivity contribution in [1.82, 2.24) is 20.2 Å². The molecule has 6 rings (SSSR count). The molecule has 7 heteroatoms. The molecule has 0 radical (unpaired) electrons. The molecular weight excluding hydrogens is 546 g/mol. The number of rotatable bonds is 12. The summed E-state index contributed by atoms with van der Waals surface area (Å²) >= 11 is 0. The number of hydrogen-bond acceptors (Lipinski definition) is 5. The van der Waals surface area contributed by atoms with Gasteiger partial charge in [0, 0.05) is 63.1 Å². The molecule has 1 amide bonds. The normalized spacial score (nSPS) is 14.0. The Morgan fingerprint density at radius 2 is 1.68 bits per heavy atom. The fraction of sp³-hybridized carbons (Fsp3) is 0.243. The van der Waals surface area contributed by atoms with Crippen LogP contribution in [0.15, 0.2) is 116 Å². The molecule has 1 aliphatic heterocycles. The molecule has 2 N–H and O–H groups in total. The molecule has 2 heterocycles. The minimum Gasteiger partial charge on any atom is -0.492 e. The quantitative estimate of drug-likeness (QED) is 0.164. The van der Waals surface area contributed by atoms with Crippen molar-refractivity contribution < 1.29 is 9.53 Å². The molecule has 0 aliphatic carbocycles. The molecule has 7 nitrogen and oxygen atoms in total. The van der Waals surface area contributed by atoms with Crippen LogP contribution in [0.2, 0.25) is 0 Å². The fourth-order valence-electron chi connectivity index (χ4n) is 5.74. The molecule has 0 bridgehead atoms. The molecule has 0 saturated carbocycles. The third kappa shape index (κ3) is 7.01. The molecule has 1 unspecified atom stereocenters. The van der Waals surface area contributed by atoms with Crippen LogP contribution >= 0.6 is 0 Å². The van der Waals surface area contributed by atoms with Gasteiger partial charge in [0.2, 0.25) is 0 Å². The molecule has 1 aromatic heterocycles. The van der Waals surface area contributed by atoms with Gasteiger partial charge in [0.05, 0.1) is 24.2 Å². The Kier molecular flexibility index (Phi) is 9.33. The first-order chi connectivity index (χ1) is 21.7. The maximum Gasteiger partial charge on any atom is 0.255 e. The first kappa shape index (κ1) is 29.2. The van der Waals surface area contributed by atoms with E-state index >= 15 is 0 Å². The van der Waals surface area contributed by atoms with Crippen molar-refractivity contribution in [2.75, 3.05) is 31.6 Å². The summed E-state index contributed by atoms with van der Waals surface area (Å²) < 4.78 is 8.25. The van der Waals surface area contributed by atoms with Gasteiger partial charge in [-0.1, -0.05) is 84.9 Å². The van der Waals surface area contributed by atoms with E-state index in [0.717, 1.165) is 37.2 Å². The third-order valence-corrected chi connectivity index (χ3v) is 8.21. The minimum absolute atomic E-state index is 0.0829. The topological polar surface area (TPSA) is 71.4 Å². The molecule has 44 heavy (non-hydrogen) atoms. The number of ether oxygens (including phenoxy) is 1. The highest BCUT2D eigenvalue weighted by molar-refractivity contribution is 5.97. The van der Waals surface area contributed by atoms with Gasteiger partial charge in [0.1, 0.15) is 5.75 Å². The second-order valence-corrected chi connectivity index (χ2v) is 11.2. The molecule has 1 aliphatic rings. The lowest BCUT2D eigenvalue weighted by Crippen LogP contribution is -2.31. The number of nitrogens with zero attached hydrogens (tertiary/aromatic N) is 3. The highest BCUT2D eigenvalue weighted by Crippen LogP contribution is 2.35. The lowest BCUT2D eigenvalue weighted by Gasteiger charge is -2.28. The number of nitrogens with one attached hydrogen (secondary N) is 2. The van der Waals surface area contributed by atoms with Crippen molar-refractivity contribution in [2.45, 2.75) is 32.0 Å². The Hall–Kier alpha value is -4.88. The predicted octanol–water partition coefficient (Wildman–Crippen LogP) is 6.47. The highest BCUT2D eigenvalue weighted by atomic mass is 16.5. The largest absolute Gasteiger partial charge is 0.492 e. The van der Waals surface area contributed by atoms with Crippen molar-refractivity contribution in [3.8, 4) is 16.9 Å². The van der Waals surface area contributed by atoms with Crippen molar-refractivity contribution in [1.29, 1.82) is 0 Å². The molecule has 224 valence electrons. The van der Waals surface area contributed by atoms with E-state index in [4.69, 9.17) is 4.74 Å². The number of benzene rings is 4. The summed E-state index contributed by atoms with van der Waals surface area (Å²) in [5.74, 6) is 0.586. The number of amides is 1. The van der Waals surface area contributed by atoms with Gasteiger partial charge in [0.15, 0.2) is 0 Å². The van der Waals surface area contributed by atoms with E-state index in [-0.39, 0.29) is 11.9 Å². The van der Waals surface area contributed by atoms with E-state index in [1.165, 1.54) is 22.4 Å². The van der Waals surface area contributed by atoms with Crippen molar-refractivity contribution in [2.24, 2.45) is 0 Å². The summed E-state index contributed by atoms with van der Waals surface area (Å²) in [6.45, 7) is 3.43. The number of anilines is 1. The number of carbonyl (C=O) groups is 1. The SMILES string of the molecule is CN(CCCNC(=O)c1cccc2c1OCCC2NCc1cncn1Cc1ccc(-c2ccccc2)cc1)c1ccccc1. The van der Waals surface area contributed by atoms with Gasteiger partial charge in [-0.25, -0.2) is 4.98 Å². The summed E-state index contributed by atoms with van der Waals surface area (Å²) in [6, 6.07) is 35.4. The number of fused-ring (bicyclic) bond motifs is 1. The van der Waals surface area contributed by atoms with Crippen LogP contribution in [0, 0.1) is 0 Å². The number of carbonyl (C=O) groups excluding carboxylic acids is 1. The van der Waals surface area contributed by atoms with Gasteiger partial charge in [-0.2, -0.15) is 0 Å². The van der Waals surface area contributed by atoms with Crippen molar-refractivity contribution in [3.63, 3.8) is 0 Å². The Bertz CT molecular complexity index is 1650. The minimum atomic E-state index is -0.0961. The van der Waals surface area contributed by atoms with Gasteiger partial charge in [-0.3, -0.25) is 4.79 Å². The maximum absolute atomic E-state index is 13.2. The first-order valence-corrected chi connectivity index (χ1v) is 15.3. The Labute approximate surface area is 259 Å². The molecule has 0 fully saturated rings. The Morgan fingerprint density at radius 1 is 0.932 bits per heavy atom. The van der Waals surface area contributed by atoms with Gasteiger partial charge in [0.25, 0.3) is 5.91 Å². The van der Waals surface area contributed by atoms with E-state index in [9.17, 15) is 4.79 Å². The average Bonchev–Trinajstić information content (AvgIpc) is 3.53. The second kappa shape index (κ2) is 14.1. The van der Waals surface area contributed by atoms with Crippen LogP contribution in [-0.4, -0.2) is 42.2 Å². The van der Waals surface area contributed by atoms with Crippen LogP contribution in [0.25, 0.3) is 11.1 Å². The fourth-order valence-corrected chi connectivity index (χ4v) is 5.74. The standard InChI is InChI=1S/C37H39N5O2/c1-41(31-12-6-3-7-13-31)22-9-21-39-37(43)34-15-8-14-33-35(20-23-44-36(33)34)40-25-32-24-38-27-42(32)26-28-16-18-30(19-17-28)29-10-4-2-5-11-29/h2-8,10-19,24,27,35,40H,9,20-23,25-26H2,1H3,(H,39,43). The number of aromatic nitrogens is 2. The van der Waals surface area contributed by atoms with Crippen LogP contribution in [0.4, 0.5) is 5.69 Å². The monoisotopic (exact) mass is 585 g/mol. The number of imidazole rings is 1. The van der Waals surface area contributed by atoms with Gasteiger partial charge in [-0.05, 0) is 41.3 Å². The lowest BCUT2D eigenvalue weighted by molar-refractivity contribution is 0.0947. The molecule has 0 spiro atoms. The lowest BCUT2D eigenvalue weighted by atomic mass is 9.97. The molecule has 0 saturated heterocycles. The van der Waals surface area contributed by atoms with Crippen LogP contribution in [0.1, 0.15) is 46.1 Å². The zero-order chi connectivity index (χ0) is 30.1. The summed E-state index contributed by atoms with van der Waals surface area (Å²) in [4.78, 5) is 19.8. The van der Waals surface area contributed by atoms with Gasteiger partial charge >= 0.3 is 0 Å². The van der Waals surface area contributed by atoms with E-state index in [1.807, 2.05) is 48.9 Å². The van der Waals surface area contributed by atoms with Crippen LogP contribution in [0.3, 0.4) is 0 Å². The van der Waals surface area contributed by atoms with E-state index in [2.05, 4.69) is 98.9 Å². The third-order valence-electron chi connectivity index (χ3n) is 8.21. The molecule has 1 atom stereocenters. The van der Waals surface area contributed by atoms with Crippen molar-refractivity contribution >= 4 is 11.6 Å². The highest BCUT2D eigenvalue weighted by Gasteiger charge is 2.26. The smallest absolute Gasteiger partial charge is 0.255 e. The zero-order valence-electron chi connectivity index (χ0n) is 25.2. The number of hydrogen-bond donors (Lipinski definition) is 2. The van der Waals surface area contributed by atoms with E-state index in [0.29, 0.717) is 31.0 Å². The summed E-state index contributed by atoms with van der Waals surface area (Å²) in [7, 11) is 2.07. The van der Waals surface area contributed by atoms with E-state index in [1.54, 1.807) is 0 Å². The number of para-hydroxylation sites is 2. The Balaban J connectivity index is 1.04. The van der Waals surface area contributed by atoms with Crippen LogP contribution in [0.5, 0.6) is 5.75 Å². The zero-order valence-corrected chi connectivity index (χ0v) is 25.2. The van der Waals surface area contributed by atoms with E-state index < -0.39 is 0 Å². The second-order valence-electron chi connectivity index (χ2n) is 11.2.